The van der Waals surface area contributed by atoms with Crippen molar-refractivity contribution in [2.75, 3.05) is 81.8 Å². The van der Waals surface area contributed by atoms with Crippen LogP contribution in [0, 0.1) is 12.3 Å². The molecular formula is C59H79ClN11O7PS. The Hall–Kier alpha value is -6.11. The van der Waals surface area contributed by atoms with Crippen molar-refractivity contribution in [2.24, 2.45) is 5.41 Å². The van der Waals surface area contributed by atoms with Crippen LogP contribution in [0.1, 0.15) is 96.2 Å². The Morgan fingerprint density at radius 3 is 2.25 bits per heavy atom. The molecule has 5 heterocycles. The highest BCUT2D eigenvalue weighted by Gasteiger charge is 2.44. The van der Waals surface area contributed by atoms with Gasteiger partial charge >= 0.3 is 0 Å². The number of halogens is 1. The molecule has 430 valence electrons. The van der Waals surface area contributed by atoms with E-state index in [9.17, 15) is 28.8 Å². The van der Waals surface area contributed by atoms with Crippen LogP contribution in [-0.4, -0.2) is 149 Å². The fourth-order valence-corrected chi connectivity index (χ4v) is 13.0. The summed E-state index contributed by atoms with van der Waals surface area (Å²) in [6, 6.07) is 20.2. The molecule has 2 aromatic heterocycles. The van der Waals surface area contributed by atoms with Crippen LogP contribution in [0.5, 0.6) is 5.75 Å². The number of thiazole rings is 1. The molecule has 8 rings (SSSR count). The van der Waals surface area contributed by atoms with Crippen LogP contribution in [0.2, 0.25) is 5.02 Å². The lowest BCUT2D eigenvalue weighted by Gasteiger charge is -2.43. The number of aliphatic hydroxyl groups is 1. The molecule has 0 unspecified atom stereocenters. The number of amides is 4. The highest BCUT2D eigenvalue weighted by Crippen LogP contribution is 2.39. The molecule has 3 aliphatic heterocycles. The predicted octanol–water partition coefficient (Wildman–Crippen LogP) is 8.96. The van der Waals surface area contributed by atoms with Gasteiger partial charge in [0.15, 0.2) is 5.82 Å². The van der Waals surface area contributed by atoms with Gasteiger partial charge in [-0.15, -0.1) is 11.3 Å². The third kappa shape index (κ3) is 15.7. The summed E-state index contributed by atoms with van der Waals surface area (Å²) in [5.41, 5.74) is 6.57. The summed E-state index contributed by atoms with van der Waals surface area (Å²) in [6.45, 7) is 16.4. The van der Waals surface area contributed by atoms with E-state index in [1.165, 1.54) is 11.1 Å². The quantitative estimate of drug-likeness (QED) is 0.0323. The minimum Gasteiger partial charge on any atom is -0.494 e. The van der Waals surface area contributed by atoms with Crippen molar-refractivity contribution in [3.05, 3.63) is 94.7 Å². The molecule has 3 saturated heterocycles. The molecular weight excluding hydrogens is 1070 g/mol. The number of piperidine rings is 1. The van der Waals surface area contributed by atoms with E-state index in [1.807, 2.05) is 98.8 Å². The number of anilines is 5. The molecule has 5 N–H and O–H groups in total. The van der Waals surface area contributed by atoms with Crippen molar-refractivity contribution in [3.63, 3.8) is 0 Å². The highest BCUT2D eigenvalue weighted by molar-refractivity contribution is 7.70. The molecule has 4 amide bonds. The zero-order chi connectivity index (χ0) is 57.1. The summed E-state index contributed by atoms with van der Waals surface area (Å²) >= 11 is 8.08. The Labute approximate surface area is 480 Å². The monoisotopic (exact) mass is 1150 g/mol. The number of methoxy groups -OCH3 is 1. The van der Waals surface area contributed by atoms with Crippen molar-refractivity contribution in [2.45, 2.75) is 123 Å². The van der Waals surface area contributed by atoms with Crippen LogP contribution in [-0.2, 0) is 30.3 Å². The van der Waals surface area contributed by atoms with Crippen LogP contribution in [0.15, 0.2) is 78.4 Å². The van der Waals surface area contributed by atoms with Crippen LogP contribution in [0.25, 0.3) is 10.4 Å². The number of hydrogen-bond acceptors (Lipinski definition) is 15. The summed E-state index contributed by atoms with van der Waals surface area (Å²) in [5.74, 6) is 0.629. The average molecular weight is 1150 g/mol. The molecule has 21 heteroatoms. The smallest absolute Gasteiger partial charge is 0.246 e. The van der Waals surface area contributed by atoms with Gasteiger partial charge in [0.2, 0.25) is 29.6 Å². The molecule has 18 nitrogen and oxygen atoms in total. The molecule has 5 aromatic rings. The van der Waals surface area contributed by atoms with Crippen LogP contribution in [0.3, 0.4) is 0 Å². The number of nitrogens with zero attached hydrogens (tertiary/aromatic N) is 7. The number of ether oxygens (including phenoxy) is 1. The first-order chi connectivity index (χ1) is 38.2. The normalized spacial score (nSPS) is 17.7. The van der Waals surface area contributed by atoms with Crippen LogP contribution in [0.4, 0.5) is 28.8 Å². The zero-order valence-corrected chi connectivity index (χ0v) is 49.8. The van der Waals surface area contributed by atoms with Gasteiger partial charge in [-0.1, -0.05) is 88.0 Å². The van der Waals surface area contributed by atoms with E-state index in [-0.39, 0.29) is 49.6 Å². The highest BCUT2D eigenvalue weighted by atomic mass is 35.5. The van der Waals surface area contributed by atoms with Crippen molar-refractivity contribution >= 4 is 87.8 Å². The number of β-amino-alcohol motifs (C(OH)–C–C–N with tert-alkyl or cyclic N) is 1. The lowest BCUT2D eigenvalue weighted by Crippen LogP contribution is -2.57. The topological polar surface area (TPSA) is 215 Å². The summed E-state index contributed by atoms with van der Waals surface area (Å²) in [7, 11) is -0.927. The Morgan fingerprint density at radius 2 is 1.57 bits per heavy atom. The summed E-state index contributed by atoms with van der Waals surface area (Å²) in [5, 5.41) is 24.1. The minimum atomic E-state index is -2.57. The maximum atomic E-state index is 14.1. The number of carbonyl (C=O) groups is 4. The molecule has 3 fully saturated rings. The van der Waals surface area contributed by atoms with Crippen molar-refractivity contribution < 1.29 is 33.6 Å². The SMILES string of the molecule is COc1cc(N2CCC(N3CCN(C(=O)CCCCCCCC(=O)N[C@H](C(=O)N4C[C@H](O)C[C@H]4C(=O)NCc4ccc(-c5scnc5C)cc4)C(C)(C)C)CC3)CC2)ccc1Nc1ncc(Cl)c(Nc2ccccc2P(C)(C)=O)n1. The van der Waals surface area contributed by atoms with E-state index in [1.54, 1.807) is 31.8 Å². The van der Waals surface area contributed by atoms with Gasteiger partial charge < -0.3 is 50.4 Å². The number of para-hydroxylation sites is 1. The van der Waals surface area contributed by atoms with Crippen LogP contribution >= 0.6 is 30.1 Å². The Bertz CT molecular complexity index is 2990. The van der Waals surface area contributed by atoms with E-state index >= 15 is 0 Å². The maximum absolute atomic E-state index is 14.1. The molecule has 3 aliphatic rings. The van der Waals surface area contributed by atoms with Gasteiger partial charge in [-0.2, -0.15) is 4.98 Å². The van der Waals surface area contributed by atoms with Crippen LogP contribution < -0.4 is 36.2 Å². The second kappa shape index (κ2) is 27.1. The lowest BCUT2D eigenvalue weighted by atomic mass is 9.85. The fraction of sp³-hybridized carbons (Fsp3) is 0.508. The largest absolute Gasteiger partial charge is 0.494 e. The lowest BCUT2D eigenvalue weighted by molar-refractivity contribution is -0.144. The molecule has 80 heavy (non-hydrogen) atoms. The number of rotatable bonds is 22. The second-order valence-electron chi connectivity index (χ2n) is 22.7. The van der Waals surface area contributed by atoms with Gasteiger partial charge in [0, 0.05) is 94.7 Å². The summed E-state index contributed by atoms with van der Waals surface area (Å²) in [6.07, 6.45) is 7.71. The molecule has 3 aromatic carbocycles. The number of aliphatic hydroxyl groups excluding tert-OH is 1. The summed E-state index contributed by atoms with van der Waals surface area (Å²) < 4.78 is 18.8. The van der Waals surface area contributed by atoms with Gasteiger partial charge in [-0.05, 0) is 86.7 Å². The molecule has 0 spiro atoms. The third-order valence-corrected chi connectivity index (χ3v) is 18.2. The first-order valence-electron chi connectivity index (χ1n) is 28.0. The van der Waals surface area contributed by atoms with Gasteiger partial charge in [-0.25, -0.2) is 9.97 Å². The molecule has 0 bridgehead atoms. The van der Waals surface area contributed by atoms with E-state index < -0.39 is 30.7 Å². The van der Waals surface area contributed by atoms with Crippen molar-refractivity contribution in [1.82, 2.24) is 40.3 Å². The number of benzene rings is 3. The first kappa shape index (κ1) is 60.0. The second-order valence-corrected chi connectivity index (χ2v) is 27.2. The van der Waals surface area contributed by atoms with Gasteiger partial charge in [0.25, 0.3) is 0 Å². The average Bonchev–Trinajstić information content (AvgIpc) is 4.07. The third-order valence-electron chi connectivity index (χ3n) is 15.4. The number of aromatic nitrogens is 3. The Kier molecular flexibility index (Phi) is 20.3. The van der Waals surface area contributed by atoms with E-state index in [2.05, 4.69) is 52.1 Å². The van der Waals surface area contributed by atoms with Gasteiger partial charge in [0.1, 0.15) is 30.0 Å². The van der Waals surface area contributed by atoms with Gasteiger partial charge in [-0.3, -0.25) is 24.1 Å². The Balaban J connectivity index is 0.705. The molecule has 0 saturated carbocycles. The minimum absolute atomic E-state index is 0.0186. The number of piperazine rings is 1. The first-order valence-corrected chi connectivity index (χ1v) is 31.8. The van der Waals surface area contributed by atoms with E-state index in [4.69, 9.17) is 16.3 Å². The number of likely N-dealkylation sites (tertiary alicyclic amines) is 1. The Morgan fingerprint density at radius 1 is 0.875 bits per heavy atom. The predicted molar refractivity (Wildman–Crippen MR) is 319 cm³/mol. The number of aryl methyl sites for hydroxylation is 1. The number of unbranched alkanes of at least 4 members (excludes halogenated alkanes) is 4. The van der Waals surface area contributed by atoms with Crippen molar-refractivity contribution in [3.8, 4) is 16.2 Å². The number of nitrogens with one attached hydrogen (secondary N) is 4. The molecule has 0 radical (unpaired) electrons. The standard InChI is InChI=1S/C59H79ClN11O7PS/c1-39-53(80-38-63-39)41-21-19-40(20-22-41)35-61-56(75)48-34-44(72)37-71(48)57(76)54(59(2,3)4)66-51(73)17-11-9-8-10-12-18-52(74)70-31-29-69(30-32-70)42-25-27-68(28-26-42)43-23-24-46(49(33-43)78-5)65-58-62-36-45(60)55(67-58)64-47-15-13-14-16-50(47)79(6,7)77/h13-16,19-24,33,36,38,42,44,48,54,72H,8-12,17-18,25-32,34-35,37H2,1-7H3,(H,61,75)(H,66,73)(H2,62,64,65,67)/t44-,48+,54-/m1/s1. The van der Waals surface area contributed by atoms with Gasteiger partial charge in [0.05, 0.1) is 46.9 Å². The molecule has 0 aliphatic carbocycles. The summed E-state index contributed by atoms with van der Waals surface area (Å²) in [4.78, 5) is 77.0. The van der Waals surface area contributed by atoms with Crippen molar-refractivity contribution in [1.29, 1.82) is 0 Å². The number of hydrogen-bond donors (Lipinski definition) is 5. The molecule has 3 atom stereocenters. The number of carbonyl (C=O) groups excluding carboxylic acids is 4. The maximum Gasteiger partial charge on any atom is 0.246 e. The van der Waals surface area contributed by atoms with E-state index in [0.717, 1.165) is 105 Å². The fourth-order valence-electron chi connectivity index (χ4n) is 10.9. The van der Waals surface area contributed by atoms with E-state index in [0.29, 0.717) is 58.1 Å². The zero-order valence-electron chi connectivity index (χ0n) is 47.3.